The van der Waals surface area contributed by atoms with Gasteiger partial charge in [0, 0.05) is 5.69 Å². The van der Waals surface area contributed by atoms with Crippen LogP contribution in [0.5, 0.6) is 5.75 Å². The molecule has 174 valence electrons. The van der Waals surface area contributed by atoms with E-state index in [9.17, 15) is 31.4 Å². The maximum atomic E-state index is 13.3. The fourth-order valence-corrected chi connectivity index (χ4v) is 3.25. The van der Waals surface area contributed by atoms with Gasteiger partial charge >= 0.3 is 12.4 Å². The number of halogens is 6. The van der Waals surface area contributed by atoms with E-state index in [1.165, 1.54) is 30.3 Å². The number of hydrogen-bond donors (Lipinski definition) is 1. The van der Waals surface area contributed by atoms with Gasteiger partial charge in [0.1, 0.15) is 18.5 Å². The third-order valence-electron chi connectivity index (χ3n) is 4.82. The molecule has 12 heteroatoms. The Balaban J connectivity index is 1.86. The van der Waals surface area contributed by atoms with E-state index in [1.54, 1.807) is 0 Å². The second-order valence-corrected chi connectivity index (χ2v) is 7.07. The lowest BCUT2D eigenvalue weighted by atomic mass is 10.1. The summed E-state index contributed by atoms with van der Waals surface area (Å²) in [5.41, 5.74) is -1.96. The van der Waals surface area contributed by atoms with Gasteiger partial charge in [-0.25, -0.2) is 0 Å². The predicted octanol–water partition coefficient (Wildman–Crippen LogP) is 3.98. The Bertz CT molecular complexity index is 1070. The molecular weight excluding hydrogens is 456 g/mol. The van der Waals surface area contributed by atoms with Gasteiger partial charge < -0.3 is 19.5 Å². The second-order valence-electron chi connectivity index (χ2n) is 7.07. The van der Waals surface area contributed by atoms with Crippen LogP contribution >= 0.6 is 0 Å². The summed E-state index contributed by atoms with van der Waals surface area (Å²) in [4.78, 5) is 0.849. The number of benzene rings is 2. The Labute approximate surface area is 183 Å². The molecule has 0 amide bonds. The van der Waals surface area contributed by atoms with Gasteiger partial charge in [0.15, 0.2) is 12.3 Å². The number of rotatable bonds is 5. The van der Waals surface area contributed by atoms with Crippen molar-refractivity contribution in [2.75, 3.05) is 18.1 Å². The molecule has 0 aliphatic carbocycles. The number of hydrogen-bond acceptors (Lipinski definition) is 6. The van der Waals surface area contributed by atoms with Crippen molar-refractivity contribution >= 4 is 5.69 Å². The number of aliphatic hydroxyl groups is 1. The van der Waals surface area contributed by atoms with Crippen LogP contribution in [0, 0.1) is 22.7 Å². The summed E-state index contributed by atoms with van der Waals surface area (Å²) < 4.78 is 90.3. The van der Waals surface area contributed by atoms with Crippen molar-refractivity contribution in [3.8, 4) is 17.9 Å². The van der Waals surface area contributed by atoms with Crippen molar-refractivity contribution in [3.63, 3.8) is 0 Å². The Kier molecular flexibility index (Phi) is 6.72. The van der Waals surface area contributed by atoms with E-state index in [1.807, 2.05) is 6.07 Å². The minimum Gasteiger partial charge on any atom is -0.491 e. The largest absolute Gasteiger partial charge is 0.491 e. The Morgan fingerprint density at radius 3 is 2.27 bits per heavy atom. The Morgan fingerprint density at radius 2 is 1.73 bits per heavy atom. The molecule has 1 unspecified atom stereocenters. The van der Waals surface area contributed by atoms with E-state index in [-0.39, 0.29) is 18.8 Å². The molecule has 1 saturated heterocycles. The highest BCUT2D eigenvalue weighted by molar-refractivity contribution is 5.56. The topological polar surface area (TPSA) is 89.5 Å². The predicted molar refractivity (Wildman–Crippen MR) is 101 cm³/mol. The zero-order valence-corrected chi connectivity index (χ0v) is 16.6. The second kappa shape index (κ2) is 9.17. The molecule has 1 aliphatic rings. The van der Waals surface area contributed by atoms with E-state index < -0.39 is 41.9 Å². The van der Waals surface area contributed by atoms with Crippen LogP contribution in [0.2, 0.25) is 0 Å². The van der Waals surface area contributed by atoms with Crippen LogP contribution in [0.1, 0.15) is 16.7 Å². The van der Waals surface area contributed by atoms with Gasteiger partial charge in [-0.15, -0.1) is 0 Å². The van der Waals surface area contributed by atoms with Crippen molar-refractivity contribution in [2.24, 2.45) is 0 Å². The summed E-state index contributed by atoms with van der Waals surface area (Å²) >= 11 is 0. The smallest absolute Gasteiger partial charge is 0.418 e. The number of nitrogens with zero attached hydrogens (tertiary/aromatic N) is 3. The molecule has 6 nitrogen and oxygen atoms in total. The third-order valence-corrected chi connectivity index (χ3v) is 4.82. The summed E-state index contributed by atoms with van der Waals surface area (Å²) in [5, 5.41) is 27.5. The van der Waals surface area contributed by atoms with Crippen LogP contribution in [-0.2, 0) is 10.9 Å². The fourth-order valence-electron chi connectivity index (χ4n) is 3.25. The lowest BCUT2D eigenvalue weighted by Crippen LogP contribution is -2.48. The van der Waals surface area contributed by atoms with Gasteiger partial charge in [0.25, 0.3) is 0 Å². The molecule has 33 heavy (non-hydrogen) atoms. The fraction of sp³-hybridized carbons (Fsp3) is 0.333. The zero-order valence-electron chi connectivity index (χ0n) is 16.6. The van der Waals surface area contributed by atoms with Gasteiger partial charge in [0.05, 0.1) is 35.4 Å². The van der Waals surface area contributed by atoms with E-state index >= 15 is 0 Å². The van der Waals surface area contributed by atoms with Crippen LogP contribution < -0.4 is 9.64 Å². The molecule has 2 aromatic carbocycles. The minimum atomic E-state index is -5.11. The Morgan fingerprint density at radius 1 is 1.06 bits per heavy atom. The molecule has 0 radical (unpaired) electrons. The summed E-state index contributed by atoms with van der Waals surface area (Å²) in [7, 11) is 0. The van der Waals surface area contributed by atoms with Crippen LogP contribution in [0.25, 0.3) is 0 Å². The molecule has 2 aromatic rings. The average Bonchev–Trinajstić information content (AvgIpc) is 3.19. The first-order chi connectivity index (χ1) is 15.4. The van der Waals surface area contributed by atoms with E-state index in [0.29, 0.717) is 17.4 Å². The number of nitriles is 2. The standard InChI is InChI=1S/C21H15F6N3O3/c22-20(23,24)17-7-14(4-3-13(17)9-29)30-10-16(33-19(30)18(31)21(25,26)27)11-32-15-5-1-12(8-28)2-6-15/h1-7,16,18-19,31H,10-11H2/t16-,18+,19?/m0/s1. The Hall–Kier alpha value is -3.48. The molecule has 0 saturated carbocycles. The first kappa shape index (κ1) is 24.2. The molecule has 0 aromatic heterocycles. The lowest BCUT2D eigenvalue weighted by molar-refractivity contribution is -0.234. The number of anilines is 1. The number of ether oxygens (including phenoxy) is 2. The van der Waals surface area contributed by atoms with Crippen molar-refractivity contribution in [2.45, 2.75) is 30.8 Å². The molecule has 1 heterocycles. The summed E-state index contributed by atoms with van der Waals surface area (Å²) in [6, 6.07) is 11.6. The van der Waals surface area contributed by atoms with Crippen LogP contribution in [0.4, 0.5) is 32.0 Å². The quantitative estimate of drug-likeness (QED) is 0.664. The number of aliphatic hydroxyl groups excluding tert-OH is 1. The monoisotopic (exact) mass is 471 g/mol. The van der Waals surface area contributed by atoms with E-state index in [2.05, 4.69) is 0 Å². The summed E-state index contributed by atoms with van der Waals surface area (Å²) in [6.07, 6.45) is -16.1. The maximum absolute atomic E-state index is 13.3. The molecule has 3 rings (SSSR count). The SMILES string of the molecule is N#Cc1ccc(OC[C@@H]2CN(c3ccc(C#N)c(C(F)(F)F)c3)C([C@@H](O)C(F)(F)F)O2)cc1. The molecular formula is C21H15F6N3O3. The molecule has 3 atom stereocenters. The van der Waals surface area contributed by atoms with Gasteiger partial charge in [-0.1, -0.05) is 0 Å². The maximum Gasteiger partial charge on any atom is 0.418 e. The lowest BCUT2D eigenvalue weighted by Gasteiger charge is -2.30. The van der Waals surface area contributed by atoms with Gasteiger partial charge in [0.2, 0.25) is 0 Å². The highest BCUT2D eigenvalue weighted by Gasteiger charge is 2.51. The van der Waals surface area contributed by atoms with E-state index in [0.717, 1.165) is 17.0 Å². The van der Waals surface area contributed by atoms with Crippen LogP contribution in [0.3, 0.4) is 0 Å². The zero-order chi connectivity index (χ0) is 24.4. The van der Waals surface area contributed by atoms with E-state index in [4.69, 9.17) is 20.0 Å². The van der Waals surface area contributed by atoms with Crippen molar-refractivity contribution in [3.05, 3.63) is 59.2 Å². The minimum absolute atomic E-state index is 0.272. The van der Waals surface area contributed by atoms with Gasteiger partial charge in [-0.05, 0) is 42.5 Å². The first-order valence-electron chi connectivity index (χ1n) is 9.35. The van der Waals surface area contributed by atoms with Gasteiger partial charge in [-0.3, -0.25) is 0 Å². The molecule has 0 bridgehead atoms. The normalized spacial score (nSPS) is 19.6. The highest BCUT2D eigenvalue weighted by Crippen LogP contribution is 2.38. The molecule has 1 N–H and O–H groups in total. The average molecular weight is 471 g/mol. The number of alkyl halides is 6. The van der Waals surface area contributed by atoms with Crippen LogP contribution in [0.15, 0.2) is 42.5 Å². The summed E-state index contributed by atoms with van der Waals surface area (Å²) in [5.74, 6) is 0.293. The molecule has 0 spiro atoms. The summed E-state index contributed by atoms with van der Waals surface area (Å²) in [6.45, 7) is -0.594. The molecule has 1 aliphatic heterocycles. The first-order valence-corrected chi connectivity index (χ1v) is 9.35. The van der Waals surface area contributed by atoms with Crippen molar-refractivity contribution < 1.29 is 40.9 Å². The van der Waals surface area contributed by atoms with Crippen molar-refractivity contribution in [1.29, 1.82) is 10.5 Å². The van der Waals surface area contributed by atoms with Gasteiger partial charge in [-0.2, -0.15) is 36.9 Å². The highest BCUT2D eigenvalue weighted by atomic mass is 19.4. The van der Waals surface area contributed by atoms with Crippen LogP contribution in [-0.4, -0.2) is 42.9 Å². The van der Waals surface area contributed by atoms with Crippen molar-refractivity contribution in [1.82, 2.24) is 0 Å². The third kappa shape index (κ3) is 5.48. The molecule has 1 fully saturated rings.